The van der Waals surface area contributed by atoms with Gasteiger partial charge in [0.2, 0.25) is 26.6 Å². The molecule has 0 bridgehead atoms. The van der Waals surface area contributed by atoms with E-state index in [2.05, 4.69) is 25.8 Å². The lowest BCUT2D eigenvalue weighted by Crippen LogP contribution is -2.46. The van der Waals surface area contributed by atoms with Gasteiger partial charge in [0.1, 0.15) is 5.75 Å². The fourth-order valence-corrected chi connectivity index (χ4v) is 5.91. The van der Waals surface area contributed by atoms with Crippen molar-refractivity contribution in [2.24, 2.45) is 0 Å². The van der Waals surface area contributed by atoms with Crippen molar-refractivity contribution in [3.63, 3.8) is 0 Å². The Morgan fingerprint density at radius 2 is 1.56 bits per heavy atom. The molecule has 186 valence electrons. The van der Waals surface area contributed by atoms with Crippen LogP contribution in [-0.4, -0.2) is 46.7 Å². The molecule has 1 aromatic heterocycles. The van der Waals surface area contributed by atoms with Gasteiger partial charge in [-0.05, 0) is 60.7 Å². The Hall–Kier alpha value is -3.01. The third-order valence-corrected chi connectivity index (χ3v) is 8.59. The number of nitrogens with zero attached hydrogens (tertiary/aromatic N) is 3. The maximum absolute atomic E-state index is 13.7. The van der Waals surface area contributed by atoms with E-state index in [4.69, 9.17) is 20.8 Å². The predicted octanol–water partition coefficient (Wildman–Crippen LogP) is 5.93. The Balaban J connectivity index is 1.49. The van der Waals surface area contributed by atoms with Gasteiger partial charge in [0.25, 0.3) is 0 Å². The molecule has 0 spiro atoms. The maximum Gasteiger partial charge on any atom is 0.236 e. The van der Waals surface area contributed by atoms with E-state index in [1.54, 1.807) is 49.6 Å². The highest BCUT2D eigenvalue weighted by Crippen LogP contribution is 2.37. The van der Waals surface area contributed by atoms with E-state index in [1.807, 2.05) is 35.2 Å². The van der Waals surface area contributed by atoms with E-state index in [-0.39, 0.29) is 21.7 Å². The van der Waals surface area contributed by atoms with Gasteiger partial charge in [-0.1, -0.05) is 39.7 Å². The molecule has 0 radical (unpaired) electrons. The van der Waals surface area contributed by atoms with Crippen molar-refractivity contribution in [1.29, 1.82) is 0 Å². The standard InChI is InChI=1S/C26H23BrClN3O4S/c1-34-20-10-8-19(9-11-20)30-14-16-31(17-15-30)26-25(36(32,33)21-12-6-18(27)7-13-21)29-24(35-26)22-4-2-3-5-23(22)28/h2-13H,14-17H2,1H3. The predicted molar refractivity (Wildman–Crippen MR) is 144 cm³/mol. The van der Waals surface area contributed by atoms with E-state index in [9.17, 15) is 8.42 Å². The third-order valence-electron chi connectivity index (χ3n) is 6.07. The van der Waals surface area contributed by atoms with Gasteiger partial charge in [0.15, 0.2) is 0 Å². The highest BCUT2D eigenvalue weighted by atomic mass is 79.9. The van der Waals surface area contributed by atoms with Crippen LogP contribution < -0.4 is 14.5 Å². The van der Waals surface area contributed by atoms with Crippen LogP contribution in [-0.2, 0) is 9.84 Å². The largest absolute Gasteiger partial charge is 0.497 e. The molecule has 3 aromatic carbocycles. The molecule has 36 heavy (non-hydrogen) atoms. The van der Waals surface area contributed by atoms with E-state index in [0.717, 1.165) is 15.9 Å². The first-order valence-corrected chi connectivity index (χ1v) is 13.9. The van der Waals surface area contributed by atoms with Crippen LogP contribution in [0.5, 0.6) is 5.75 Å². The summed E-state index contributed by atoms with van der Waals surface area (Å²) in [5, 5.41) is 0.319. The summed E-state index contributed by atoms with van der Waals surface area (Å²) >= 11 is 9.74. The molecule has 0 N–H and O–H groups in total. The second-order valence-electron chi connectivity index (χ2n) is 8.24. The summed E-state index contributed by atoms with van der Waals surface area (Å²) < 4.78 is 39.5. The zero-order valence-electron chi connectivity index (χ0n) is 19.4. The second kappa shape index (κ2) is 10.2. The van der Waals surface area contributed by atoms with Crippen LogP contribution in [0.4, 0.5) is 11.6 Å². The van der Waals surface area contributed by atoms with Crippen LogP contribution in [0.25, 0.3) is 11.5 Å². The molecule has 1 aliphatic heterocycles. The van der Waals surface area contributed by atoms with Crippen LogP contribution in [0, 0.1) is 0 Å². The number of rotatable bonds is 6. The lowest BCUT2D eigenvalue weighted by atomic mass is 10.2. The van der Waals surface area contributed by atoms with Crippen molar-refractivity contribution >= 4 is 48.9 Å². The smallest absolute Gasteiger partial charge is 0.236 e. The minimum Gasteiger partial charge on any atom is -0.497 e. The normalized spacial score (nSPS) is 14.2. The number of hydrogen-bond acceptors (Lipinski definition) is 7. The minimum absolute atomic E-state index is 0.113. The van der Waals surface area contributed by atoms with E-state index in [0.29, 0.717) is 36.8 Å². The SMILES string of the molecule is COc1ccc(N2CCN(c3oc(-c4ccccc4Cl)nc3S(=O)(=O)c3ccc(Br)cc3)CC2)cc1. The number of piperazine rings is 1. The zero-order valence-corrected chi connectivity index (χ0v) is 22.6. The molecule has 10 heteroatoms. The molecule has 0 atom stereocenters. The quantitative estimate of drug-likeness (QED) is 0.277. The molecule has 2 heterocycles. The first-order chi connectivity index (χ1) is 17.4. The average Bonchev–Trinajstić information content (AvgIpc) is 3.36. The summed E-state index contributed by atoms with van der Waals surface area (Å²) in [6, 6.07) is 21.5. The maximum atomic E-state index is 13.7. The molecule has 5 rings (SSSR count). The molecule has 7 nitrogen and oxygen atoms in total. The summed E-state index contributed by atoms with van der Waals surface area (Å²) in [6.45, 7) is 2.50. The van der Waals surface area contributed by atoms with Gasteiger partial charge in [0, 0.05) is 36.3 Å². The zero-order chi connectivity index (χ0) is 25.3. The second-order valence-corrected chi connectivity index (χ2v) is 11.4. The summed E-state index contributed by atoms with van der Waals surface area (Å²) in [5.74, 6) is 1.19. The van der Waals surface area contributed by atoms with Crippen LogP contribution >= 0.6 is 27.5 Å². The Kier molecular flexibility index (Phi) is 6.96. The highest BCUT2D eigenvalue weighted by molar-refractivity contribution is 9.10. The number of hydrogen-bond donors (Lipinski definition) is 0. The topological polar surface area (TPSA) is 75.9 Å². The molecule has 1 saturated heterocycles. The number of oxazole rings is 1. The molecule has 0 aliphatic carbocycles. The van der Waals surface area contributed by atoms with Crippen molar-refractivity contribution in [2.45, 2.75) is 9.92 Å². The molecule has 0 unspecified atom stereocenters. The van der Waals surface area contributed by atoms with Crippen LogP contribution in [0.15, 0.2) is 91.6 Å². The van der Waals surface area contributed by atoms with Gasteiger partial charge in [-0.3, -0.25) is 0 Å². The minimum atomic E-state index is -3.95. The number of ether oxygens (including phenoxy) is 1. The van der Waals surface area contributed by atoms with Gasteiger partial charge < -0.3 is 19.0 Å². The van der Waals surface area contributed by atoms with E-state index < -0.39 is 9.84 Å². The lowest BCUT2D eigenvalue weighted by Gasteiger charge is -2.36. The van der Waals surface area contributed by atoms with Crippen molar-refractivity contribution in [3.05, 3.63) is 82.3 Å². The van der Waals surface area contributed by atoms with Gasteiger partial charge in [0.05, 0.1) is 22.6 Å². The van der Waals surface area contributed by atoms with Crippen LogP contribution in [0.2, 0.25) is 5.02 Å². The lowest BCUT2D eigenvalue weighted by molar-refractivity contribution is 0.415. The molecule has 1 aliphatic rings. The third kappa shape index (κ3) is 4.83. The molecule has 1 fully saturated rings. The summed E-state index contributed by atoms with van der Waals surface area (Å²) in [6.07, 6.45) is 0. The molecule has 4 aromatic rings. The number of aromatic nitrogens is 1. The number of anilines is 2. The first-order valence-electron chi connectivity index (χ1n) is 11.3. The van der Waals surface area contributed by atoms with Crippen LogP contribution in [0.1, 0.15) is 0 Å². The summed E-state index contributed by atoms with van der Waals surface area (Å²) in [5.41, 5.74) is 1.61. The monoisotopic (exact) mass is 587 g/mol. The van der Waals surface area contributed by atoms with Gasteiger partial charge in [-0.25, -0.2) is 8.42 Å². The molecule has 0 saturated carbocycles. The van der Waals surface area contributed by atoms with Crippen molar-refractivity contribution in [3.8, 4) is 17.2 Å². The van der Waals surface area contributed by atoms with Gasteiger partial charge in [-0.15, -0.1) is 0 Å². The van der Waals surface area contributed by atoms with Crippen molar-refractivity contribution in [2.75, 3.05) is 43.1 Å². The Bertz CT molecular complexity index is 1470. The van der Waals surface area contributed by atoms with Gasteiger partial charge in [-0.2, -0.15) is 4.98 Å². The van der Waals surface area contributed by atoms with Crippen LogP contribution in [0.3, 0.4) is 0 Å². The molecular formula is C26H23BrClN3O4S. The van der Waals surface area contributed by atoms with Crippen molar-refractivity contribution in [1.82, 2.24) is 4.98 Å². The molecule has 0 amide bonds. The average molecular weight is 589 g/mol. The van der Waals surface area contributed by atoms with E-state index >= 15 is 0 Å². The fraction of sp³-hybridized carbons (Fsp3) is 0.192. The van der Waals surface area contributed by atoms with Crippen molar-refractivity contribution < 1.29 is 17.6 Å². The number of methoxy groups -OCH3 is 1. The summed E-state index contributed by atoms with van der Waals surface area (Å²) in [7, 11) is -2.31. The first kappa shape index (κ1) is 24.7. The highest BCUT2D eigenvalue weighted by Gasteiger charge is 2.33. The Morgan fingerprint density at radius 1 is 0.917 bits per heavy atom. The number of benzene rings is 3. The Morgan fingerprint density at radius 3 is 2.19 bits per heavy atom. The Labute approximate surface area is 223 Å². The number of sulfone groups is 1. The summed E-state index contributed by atoms with van der Waals surface area (Å²) in [4.78, 5) is 8.77. The van der Waals surface area contributed by atoms with E-state index in [1.165, 1.54) is 0 Å². The van der Waals surface area contributed by atoms with Gasteiger partial charge >= 0.3 is 0 Å². The fourth-order valence-electron chi connectivity index (χ4n) is 4.11. The number of halogens is 2. The molecular weight excluding hydrogens is 566 g/mol.